The molecule has 0 heterocycles. The third-order valence-electron chi connectivity index (χ3n) is 2.47. The second kappa shape index (κ2) is 4.68. The summed E-state index contributed by atoms with van der Waals surface area (Å²) in [4.78, 5) is 0. The smallest absolute Gasteiger partial charge is 0.126 e. The van der Waals surface area contributed by atoms with E-state index in [-0.39, 0.29) is 6.61 Å². The van der Waals surface area contributed by atoms with Crippen LogP contribution in [0.4, 0.5) is 8.78 Å². The zero-order valence-electron chi connectivity index (χ0n) is 8.89. The number of nitrogens with two attached hydrogens (primary N) is 1. The molecule has 0 spiro atoms. The minimum absolute atomic E-state index is 0.229. The lowest BCUT2D eigenvalue weighted by molar-refractivity contribution is 0.129. The number of benzene rings is 1. The van der Waals surface area contributed by atoms with E-state index in [9.17, 15) is 8.78 Å². The lowest BCUT2D eigenvalue weighted by Crippen LogP contribution is -2.40. The van der Waals surface area contributed by atoms with Crippen LogP contribution in [0.25, 0.3) is 0 Å². The number of hydrogen-bond acceptors (Lipinski definition) is 2. The molecule has 1 rings (SSSR count). The van der Waals surface area contributed by atoms with Crippen LogP contribution in [0.15, 0.2) is 18.2 Å². The molecule has 0 fully saturated rings. The van der Waals surface area contributed by atoms with E-state index in [4.69, 9.17) is 10.5 Å². The predicted octanol–water partition coefficient (Wildman–Crippen LogP) is 2.18. The minimum Gasteiger partial charge on any atom is -0.382 e. The largest absolute Gasteiger partial charge is 0.382 e. The van der Waals surface area contributed by atoms with Crippen molar-refractivity contribution in [3.05, 3.63) is 35.4 Å². The summed E-state index contributed by atoms with van der Waals surface area (Å²) in [7, 11) is 1.51. The van der Waals surface area contributed by atoms with Crippen molar-refractivity contribution < 1.29 is 13.5 Å². The van der Waals surface area contributed by atoms with Crippen molar-refractivity contribution in [2.24, 2.45) is 5.73 Å². The van der Waals surface area contributed by atoms with Gasteiger partial charge in [0.05, 0.1) is 12.1 Å². The summed E-state index contributed by atoms with van der Waals surface area (Å²) in [6.45, 7) is 2.08. The molecule has 0 saturated carbocycles. The quantitative estimate of drug-likeness (QED) is 0.835. The summed E-state index contributed by atoms with van der Waals surface area (Å²) in [5.41, 5.74) is 5.59. The normalized spacial score (nSPS) is 15.0. The molecule has 0 aliphatic carbocycles. The summed E-state index contributed by atoms with van der Waals surface area (Å²) in [5, 5.41) is 0. The average Bonchev–Trinajstić information content (AvgIpc) is 2.16. The van der Waals surface area contributed by atoms with Crippen LogP contribution in [-0.2, 0) is 10.3 Å². The molecule has 1 aromatic carbocycles. The number of halogens is 2. The molecule has 0 saturated heterocycles. The monoisotopic (exact) mass is 215 g/mol. The van der Waals surface area contributed by atoms with Gasteiger partial charge in [-0.25, -0.2) is 8.78 Å². The Bertz CT molecular complexity index is 323. The van der Waals surface area contributed by atoms with E-state index in [1.54, 1.807) is 0 Å². The lowest BCUT2D eigenvalue weighted by Gasteiger charge is -2.27. The van der Waals surface area contributed by atoms with Gasteiger partial charge in [0.25, 0.3) is 0 Å². The van der Waals surface area contributed by atoms with Gasteiger partial charge < -0.3 is 10.5 Å². The van der Waals surface area contributed by atoms with E-state index in [0.717, 1.165) is 6.07 Å². The summed E-state index contributed by atoms with van der Waals surface area (Å²) >= 11 is 0. The van der Waals surface area contributed by atoms with Gasteiger partial charge in [-0.3, -0.25) is 0 Å². The molecule has 1 unspecified atom stereocenters. The van der Waals surface area contributed by atoms with Crippen LogP contribution in [0.1, 0.15) is 18.9 Å². The van der Waals surface area contributed by atoms with Crippen molar-refractivity contribution in [3.8, 4) is 0 Å². The van der Waals surface area contributed by atoms with E-state index in [0.29, 0.717) is 12.0 Å². The maximum atomic E-state index is 13.0. The van der Waals surface area contributed by atoms with E-state index in [1.807, 2.05) is 6.92 Å². The van der Waals surface area contributed by atoms with Gasteiger partial charge in [-0.15, -0.1) is 0 Å². The first-order valence-electron chi connectivity index (χ1n) is 4.76. The first kappa shape index (κ1) is 12.1. The maximum Gasteiger partial charge on any atom is 0.126 e. The summed E-state index contributed by atoms with van der Waals surface area (Å²) in [6, 6.07) is 3.31. The Morgan fingerprint density at radius 1 is 1.27 bits per heavy atom. The van der Waals surface area contributed by atoms with Gasteiger partial charge in [-0.2, -0.15) is 0 Å². The van der Waals surface area contributed by atoms with Gasteiger partial charge in [0.15, 0.2) is 0 Å². The fourth-order valence-electron chi connectivity index (χ4n) is 1.49. The average molecular weight is 215 g/mol. The lowest BCUT2D eigenvalue weighted by atomic mass is 9.89. The van der Waals surface area contributed by atoms with Crippen LogP contribution >= 0.6 is 0 Å². The van der Waals surface area contributed by atoms with Crippen molar-refractivity contribution in [3.63, 3.8) is 0 Å². The highest BCUT2D eigenvalue weighted by molar-refractivity contribution is 5.25. The van der Waals surface area contributed by atoms with Gasteiger partial charge in [0.2, 0.25) is 0 Å². The van der Waals surface area contributed by atoms with Crippen molar-refractivity contribution in [2.75, 3.05) is 13.7 Å². The highest BCUT2D eigenvalue weighted by Crippen LogP contribution is 2.24. The second-order valence-electron chi connectivity index (χ2n) is 3.60. The van der Waals surface area contributed by atoms with Crippen molar-refractivity contribution in [2.45, 2.75) is 18.9 Å². The summed E-state index contributed by atoms with van der Waals surface area (Å²) < 4.78 is 31.0. The Morgan fingerprint density at radius 2 is 1.80 bits per heavy atom. The van der Waals surface area contributed by atoms with E-state index in [2.05, 4.69) is 0 Å². The molecule has 0 radical (unpaired) electrons. The topological polar surface area (TPSA) is 35.2 Å². The van der Waals surface area contributed by atoms with Gasteiger partial charge in [-0.05, 0) is 24.1 Å². The summed E-state index contributed by atoms with van der Waals surface area (Å²) in [5.74, 6) is -1.24. The third kappa shape index (κ3) is 2.73. The van der Waals surface area contributed by atoms with Gasteiger partial charge in [0, 0.05) is 13.2 Å². The molecule has 4 heteroatoms. The van der Waals surface area contributed by atoms with Crippen molar-refractivity contribution in [1.29, 1.82) is 0 Å². The molecular formula is C11H15F2NO. The van der Waals surface area contributed by atoms with Crippen molar-refractivity contribution in [1.82, 2.24) is 0 Å². The highest BCUT2D eigenvalue weighted by Gasteiger charge is 2.26. The Labute approximate surface area is 88.0 Å². The fraction of sp³-hybridized carbons (Fsp3) is 0.455. The zero-order chi connectivity index (χ0) is 11.5. The molecule has 1 aromatic rings. The fourth-order valence-corrected chi connectivity index (χ4v) is 1.49. The molecule has 1 atom stereocenters. The number of hydrogen-bond donors (Lipinski definition) is 1. The Morgan fingerprint density at radius 3 is 2.20 bits per heavy atom. The molecular weight excluding hydrogens is 200 g/mol. The number of rotatable bonds is 4. The standard InChI is InChI=1S/C11H15F2NO/c1-3-11(14,7-15-2)8-4-9(12)6-10(13)5-8/h4-6H,3,7,14H2,1-2H3. The molecule has 0 aliphatic heterocycles. The van der Waals surface area contributed by atoms with E-state index < -0.39 is 17.2 Å². The Balaban J connectivity index is 3.11. The first-order chi connectivity index (χ1) is 7.01. The first-order valence-corrected chi connectivity index (χ1v) is 4.76. The Hall–Kier alpha value is -1.00. The van der Waals surface area contributed by atoms with Gasteiger partial charge >= 0.3 is 0 Å². The van der Waals surface area contributed by atoms with Crippen LogP contribution in [0.3, 0.4) is 0 Å². The van der Waals surface area contributed by atoms with Crippen LogP contribution in [-0.4, -0.2) is 13.7 Å². The van der Waals surface area contributed by atoms with E-state index >= 15 is 0 Å². The number of methoxy groups -OCH3 is 1. The molecule has 0 amide bonds. The molecule has 84 valence electrons. The third-order valence-corrected chi connectivity index (χ3v) is 2.47. The molecule has 0 aliphatic rings. The van der Waals surface area contributed by atoms with Gasteiger partial charge in [0.1, 0.15) is 11.6 Å². The Kier molecular flexibility index (Phi) is 3.77. The predicted molar refractivity (Wildman–Crippen MR) is 54.4 cm³/mol. The van der Waals surface area contributed by atoms with Crippen molar-refractivity contribution >= 4 is 0 Å². The molecule has 15 heavy (non-hydrogen) atoms. The zero-order valence-corrected chi connectivity index (χ0v) is 8.89. The van der Waals surface area contributed by atoms with Crippen LogP contribution in [0.5, 0.6) is 0 Å². The maximum absolute atomic E-state index is 13.0. The number of ether oxygens (including phenoxy) is 1. The molecule has 0 aromatic heterocycles. The van der Waals surface area contributed by atoms with Crippen LogP contribution < -0.4 is 5.73 Å². The minimum atomic E-state index is -0.836. The second-order valence-corrected chi connectivity index (χ2v) is 3.60. The van der Waals surface area contributed by atoms with Gasteiger partial charge in [-0.1, -0.05) is 6.92 Å². The molecule has 0 bridgehead atoms. The van der Waals surface area contributed by atoms with E-state index in [1.165, 1.54) is 19.2 Å². The molecule has 2 nitrogen and oxygen atoms in total. The van der Waals surface area contributed by atoms with Crippen LogP contribution in [0.2, 0.25) is 0 Å². The van der Waals surface area contributed by atoms with Crippen LogP contribution in [0, 0.1) is 11.6 Å². The SMILES string of the molecule is CCC(N)(COC)c1cc(F)cc(F)c1. The molecule has 2 N–H and O–H groups in total. The highest BCUT2D eigenvalue weighted by atomic mass is 19.1. The summed E-state index contributed by atoms with van der Waals surface area (Å²) in [6.07, 6.45) is 0.545.